The Labute approximate surface area is 93.3 Å². The van der Waals surface area contributed by atoms with Gasteiger partial charge in [-0.1, -0.05) is 55.8 Å². The lowest BCUT2D eigenvalue weighted by atomic mass is 10.1. The van der Waals surface area contributed by atoms with E-state index in [1.54, 1.807) is 0 Å². The van der Waals surface area contributed by atoms with Crippen LogP contribution in [0.3, 0.4) is 0 Å². The molecule has 1 rings (SSSR count). The van der Waals surface area contributed by atoms with Gasteiger partial charge in [-0.2, -0.15) is 0 Å². The number of benzene rings is 1. The minimum Gasteiger partial charge on any atom is -0.398 e. The zero-order chi connectivity index (χ0) is 11.7. The third-order valence-electron chi connectivity index (χ3n) is 1.85. The number of allylic oxidation sites excluding steroid dienone is 3. The van der Waals surface area contributed by atoms with Gasteiger partial charge in [0.25, 0.3) is 0 Å². The Morgan fingerprint density at radius 2 is 1.67 bits per heavy atom. The number of hydrogen-bond acceptors (Lipinski definition) is 1. The fourth-order valence-electron chi connectivity index (χ4n) is 1.04. The van der Waals surface area contributed by atoms with Gasteiger partial charge < -0.3 is 5.73 Å². The summed E-state index contributed by atoms with van der Waals surface area (Å²) in [7, 11) is 0. The molecule has 0 radical (unpaired) electrons. The minimum atomic E-state index is 0.804. The van der Waals surface area contributed by atoms with Crippen LogP contribution in [-0.2, 0) is 0 Å². The van der Waals surface area contributed by atoms with Crippen LogP contribution in [0.2, 0.25) is 0 Å². The highest BCUT2D eigenvalue weighted by Gasteiger charge is 1.92. The lowest BCUT2D eigenvalue weighted by Crippen LogP contribution is -1.95. The van der Waals surface area contributed by atoms with Crippen molar-refractivity contribution >= 4 is 5.70 Å². The Morgan fingerprint density at radius 1 is 1.13 bits per heavy atom. The van der Waals surface area contributed by atoms with Crippen molar-refractivity contribution in [2.75, 3.05) is 0 Å². The summed E-state index contributed by atoms with van der Waals surface area (Å²) in [5.74, 6) is 0. The van der Waals surface area contributed by atoms with Crippen molar-refractivity contribution < 1.29 is 0 Å². The standard InChI is InChI=1S/C12H15N.C2H6/c1-3-4-5-12(13)11-8-6-10(2)7-9-11;1-2/h3-9H,13H2,1-2H3;1-2H3/b4-3-,12-5-;. The highest BCUT2D eigenvalue weighted by molar-refractivity contribution is 5.64. The maximum Gasteiger partial charge on any atom is 0.0387 e. The molecule has 82 valence electrons. The smallest absolute Gasteiger partial charge is 0.0387 e. The zero-order valence-electron chi connectivity index (χ0n) is 10.1. The molecule has 1 aromatic carbocycles. The molecular formula is C14H21N. The number of rotatable bonds is 2. The fourth-order valence-corrected chi connectivity index (χ4v) is 1.04. The van der Waals surface area contributed by atoms with Crippen LogP contribution in [0, 0.1) is 6.92 Å². The lowest BCUT2D eigenvalue weighted by molar-refractivity contribution is 1.43. The molecule has 0 amide bonds. The van der Waals surface area contributed by atoms with Crippen molar-refractivity contribution in [1.29, 1.82) is 0 Å². The van der Waals surface area contributed by atoms with Crippen LogP contribution < -0.4 is 5.73 Å². The van der Waals surface area contributed by atoms with Gasteiger partial charge in [0.05, 0.1) is 0 Å². The maximum absolute atomic E-state index is 5.84. The van der Waals surface area contributed by atoms with E-state index >= 15 is 0 Å². The Morgan fingerprint density at radius 3 is 2.13 bits per heavy atom. The van der Waals surface area contributed by atoms with Gasteiger partial charge >= 0.3 is 0 Å². The predicted octanol–water partition coefficient (Wildman–Crippen LogP) is 3.90. The molecular weight excluding hydrogens is 182 g/mol. The second-order valence-corrected chi connectivity index (χ2v) is 3.01. The zero-order valence-corrected chi connectivity index (χ0v) is 10.1. The van der Waals surface area contributed by atoms with Crippen molar-refractivity contribution in [2.45, 2.75) is 27.7 Å². The van der Waals surface area contributed by atoms with Crippen molar-refractivity contribution in [1.82, 2.24) is 0 Å². The van der Waals surface area contributed by atoms with E-state index in [1.807, 2.05) is 51.1 Å². The predicted molar refractivity (Wildman–Crippen MR) is 69.5 cm³/mol. The number of nitrogens with two attached hydrogens (primary N) is 1. The first-order chi connectivity index (χ1) is 7.24. The normalized spacial score (nSPS) is 11.1. The van der Waals surface area contributed by atoms with Crippen LogP contribution >= 0.6 is 0 Å². The van der Waals surface area contributed by atoms with Gasteiger partial charge in [-0.25, -0.2) is 0 Å². The Bertz CT molecular complexity index is 318. The van der Waals surface area contributed by atoms with Gasteiger partial charge in [-0.05, 0) is 25.5 Å². The maximum atomic E-state index is 5.84. The molecule has 0 aliphatic rings. The van der Waals surface area contributed by atoms with Crippen molar-refractivity contribution in [2.24, 2.45) is 5.73 Å². The van der Waals surface area contributed by atoms with Crippen LogP contribution in [-0.4, -0.2) is 0 Å². The van der Waals surface area contributed by atoms with Crippen molar-refractivity contribution in [3.8, 4) is 0 Å². The molecule has 1 nitrogen and oxygen atoms in total. The average molecular weight is 203 g/mol. The summed E-state index contributed by atoms with van der Waals surface area (Å²) in [5, 5.41) is 0. The molecule has 0 unspecified atom stereocenters. The molecule has 0 aliphatic carbocycles. The Kier molecular flexibility index (Phi) is 7.08. The monoisotopic (exact) mass is 203 g/mol. The summed E-state index contributed by atoms with van der Waals surface area (Å²) >= 11 is 0. The van der Waals surface area contributed by atoms with E-state index < -0.39 is 0 Å². The lowest BCUT2D eigenvalue weighted by Gasteiger charge is -2.00. The van der Waals surface area contributed by atoms with Gasteiger partial charge in [-0.15, -0.1) is 0 Å². The molecule has 15 heavy (non-hydrogen) atoms. The van der Waals surface area contributed by atoms with Gasteiger partial charge in [0.15, 0.2) is 0 Å². The second kappa shape index (κ2) is 7.86. The summed E-state index contributed by atoms with van der Waals surface area (Å²) in [6.07, 6.45) is 5.81. The molecule has 0 spiro atoms. The highest BCUT2D eigenvalue weighted by Crippen LogP contribution is 2.09. The van der Waals surface area contributed by atoms with E-state index in [0.29, 0.717) is 0 Å². The molecule has 1 heteroatoms. The molecule has 0 saturated heterocycles. The molecule has 0 heterocycles. The van der Waals surface area contributed by atoms with E-state index in [1.165, 1.54) is 5.56 Å². The summed E-state index contributed by atoms with van der Waals surface area (Å²) in [6, 6.07) is 8.19. The quantitative estimate of drug-likeness (QED) is 0.725. The van der Waals surface area contributed by atoms with Crippen molar-refractivity contribution in [3.05, 3.63) is 53.6 Å². The third kappa shape index (κ3) is 5.06. The highest BCUT2D eigenvalue weighted by atomic mass is 14.6. The molecule has 0 atom stereocenters. The molecule has 1 aromatic rings. The largest absolute Gasteiger partial charge is 0.398 e. The van der Waals surface area contributed by atoms with Crippen LogP contribution in [0.1, 0.15) is 31.9 Å². The number of hydrogen-bond donors (Lipinski definition) is 1. The van der Waals surface area contributed by atoms with Crippen LogP contribution in [0.4, 0.5) is 0 Å². The topological polar surface area (TPSA) is 26.0 Å². The number of aryl methyl sites for hydroxylation is 1. The SMILES string of the molecule is C/C=C\C=C(/N)c1ccc(C)cc1.CC. The van der Waals surface area contributed by atoms with Gasteiger partial charge in [-0.3, -0.25) is 0 Å². The molecule has 0 bridgehead atoms. The first kappa shape index (κ1) is 13.5. The Hall–Kier alpha value is -1.50. The fraction of sp³-hybridized carbons (Fsp3) is 0.286. The van der Waals surface area contributed by atoms with E-state index in [-0.39, 0.29) is 0 Å². The average Bonchev–Trinajstić information content (AvgIpc) is 2.29. The summed E-state index contributed by atoms with van der Waals surface area (Å²) in [4.78, 5) is 0. The molecule has 2 N–H and O–H groups in total. The first-order valence-corrected chi connectivity index (χ1v) is 5.39. The Balaban J connectivity index is 0.000000921. The van der Waals surface area contributed by atoms with E-state index in [9.17, 15) is 0 Å². The van der Waals surface area contributed by atoms with Gasteiger partial charge in [0.2, 0.25) is 0 Å². The van der Waals surface area contributed by atoms with Crippen molar-refractivity contribution in [3.63, 3.8) is 0 Å². The van der Waals surface area contributed by atoms with Gasteiger partial charge in [0, 0.05) is 5.70 Å². The summed E-state index contributed by atoms with van der Waals surface area (Å²) in [6.45, 7) is 8.04. The van der Waals surface area contributed by atoms with E-state index in [2.05, 4.69) is 19.1 Å². The van der Waals surface area contributed by atoms with E-state index in [0.717, 1.165) is 11.3 Å². The third-order valence-corrected chi connectivity index (χ3v) is 1.85. The summed E-state index contributed by atoms with van der Waals surface area (Å²) < 4.78 is 0. The molecule has 0 aromatic heterocycles. The van der Waals surface area contributed by atoms with Gasteiger partial charge in [0.1, 0.15) is 0 Å². The van der Waals surface area contributed by atoms with E-state index in [4.69, 9.17) is 5.73 Å². The van der Waals surface area contributed by atoms with Crippen LogP contribution in [0.25, 0.3) is 5.70 Å². The minimum absolute atomic E-state index is 0.804. The summed E-state index contributed by atoms with van der Waals surface area (Å²) in [5.41, 5.74) is 8.97. The molecule has 0 aliphatic heterocycles. The molecule has 0 fully saturated rings. The molecule has 0 saturated carbocycles. The second-order valence-electron chi connectivity index (χ2n) is 3.01. The van der Waals surface area contributed by atoms with Crippen LogP contribution in [0.15, 0.2) is 42.5 Å². The first-order valence-electron chi connectivity index (χ1n) is 5.39. The van der Waals surface area contributed by atoms with Crippen LogP contribution in [0.5, 0.6) is 0 Å².